The third-order valence-corrected chi connectivity index (χ3v) is 2.76. The van der Waals surface area contributed by atoms with Crippen molar-refractivity contribution >= 4 is 5.82 Å². The predicted octanol–water partition coefficient (Wildman–Crippen LogP) is 2.09. The van der Waals surface area contributed by atoms with E-state index in [-0.39, 0.29) is 5.82 Å². The van der Waals surface area contributed by atoms with E-state index in [1.54, 1.807) is 16.8 Å². The van der Waals surface area contributed by atoms with E-state index in [2.05, 4.69) is 11.2 Å². The van der Waals surface area contributed by atoms with E-state index < -0.39 is 0 Å². The number of aryl methyl sites for hydroxylation is 1. The van der Waals surface area contributed by atoms with Crippen molar-refractivity contribution in [1.29, 1.82) is 5.26 Å². The van der Waals surface area contributed by atoms with Crippen molar-refractivity contribution in [3.8, 4) is 6.07 Å². The lowest BCUT2D eigenvalue weighted by molar-refractivity contribution is 0.624. The molecular weight excluding hydrogens is 231 g/mol. The predicted molar refractivity (Wildman–Crippen MR) is 66.2 cm³/mol. The Morgan fingerprint density at radius 3 is 2.56 bits per heavy atom. The Morgan fingerprint density at radius 2 is 2.06 bits per heavy atom. The van der Waals surface area contributed by atoms with Crippen LogP contribution in [0, 0.1) is 17.1 Å². The first-order valence-corrected chi connectivity index (χ1v) is 5.65. The van der Waals surface area contributed by atoms with Crippen LogP contribution in [0.1, 0.15) is 23.7 Å². The second-order valence-electron chi connectivity index (χ2n) is 3.96. The Kier molecular flexibility index (Phi) is 3.28. The van der Waals surface area contributed by atoms with Crippen LogP contribution in [0.3, 0.4) is 0 Å². The highest BCUT2D eigenvalue weighted by Gasteiger charge is 2.13. The average Bonchev–Trinajstić information content (AvgIpc) is 2.68. The minimum absolute atomic E-state index is 0.279. The number of anilines is 1. The fraction of sp³-hybridized carbons (Fsp3) is 0.231. The highest BCUT2D eigenvalue weighted by molar-refractivity contribution is 5.52. The second-order valence-corrected chi connectivity index (χ2v) is 3.96. The van der Waals surface area contributed by atoms with Crippen LogP contribution >= 0.6 is 0 Å². The molecule has 0 fully saturated rings. The molecular formula is C13H13FN4. The molecule has 0 unspecified atom stereocenters. The van der Waals surface area contributed by atoms with Crippen molar-refractivity contribution < 1.29 is 4.39 Å². The SMILES string of the molecule is CCc1nn(Cc2ccc(F)cc2)c(N)c1C#N. The number of benzene rings is 1. The molecule has 2 rings (SSSR count). The van der Waals surface area contributed by atoms with Crippen LogP contribution in [0.25, 0.3) is 0 Å². The third-order valence-electron chi connectivity index (χ3n) is 2.76. The normalized spacial score (nSPS) is 10.3. The first-order chi connectivity index (χ1) is 8.65. The number of nitrogens with zero attached hydrogens (tertiary/aromatic N) is 3. The van der Waals surface area contributed by atoms with E-state index in [9.17, 15) is 4.39 Å². The molecule has 0 atom stereocenters. The van der Waals surface area contributed by atoms with Gasteiger partial charge in [-0.05, 0) is 24.1 Å². The molecule has 5 heteroatoms. The maximum atomic E-state index is 12.8. The number of aromatic nitrogens is 2. The van der Waals surface area contributed by atoms with Gasteiger partial charge in [-0.25, -0.2) is 9.07 Å². The fourth-order valence-corrected chi connectivity index (χ4v) is 1.78. The van der Waals surface area contributed by atoms with Gasteiger partial charge >= 0.3 is 0 Å². The van der Waals surface area contributed by atoms with E-state index in [1.807, 2.05) is 6.92 Å². The van der Waals surface area contributed by atoms with E-state index in [1.165, 1.54) is 12.1 Å². The lowest BCUT2D eigenvalue weighted by Crippen LogP contribution is -2.06. The summed E-state index contributed by atoms with van der Waals surface area (Å²) in [4.78, 5) is 0. The summed E-state index contributed by atoms with van der Waals surface area (Å²) in [6, 6.07) is 8.19. The van der Waals surface area contributed by atoms with Gasteiger partial charge in [0.25, 0.3) is 0 Å². The van der Waals surface area contributed by atoms with Gasteiger partial charge in [0.15, 0.2) is 0 Å². The second kappa shape index (κ2) is 4.88. The molecule has 0 aliphatic carbocycles. The number of nitrogen functional groups attached to an aromatic ring is 1. The van der Waals surface area contributed by atoms with Crippen LogP contribution < -0.4 is 5.73 Å². The summed E-state index contributed by atoms with van der Waals surface area (Å²) in [6.07, 6.45) is 0.656. The van der Waals surface area contributed by atoms with Gasteiger partial charge in [0, 0.05) is 0 Å². The van der Waals surface area contributed by atoms with Crippen molar-refractivity contribution in [3.63, 3.8) is 0 Å². The third kappa shape index (κ3) is 2.18. The van der Waals surface area contributed by atoms with E-state index >= 15 is 0 Å². The quantitative estimate of drug-likeness (QED) is 0.898. The molecule has 2 N–H and O–H groups in total. The van der Waals surface area contributed by atoms with Crippen LogP contribution in [0.5, 0.6) is 0 Å². The Balaban J connectivity index is 2.32. The molecule has 0 radical (unpaired) electrons. The van der Waals surface area contributed by atoms with Gasteiger partial charge in [-0.2, -0.15) is 10.4 Å². The van der Waals surface area contributed by atoms with Gasteiger partial charge in [0.1, 0.15) is 23.3 Å². The zero-order chi connectivity index (χ0) is 13.1. The van der Waals surface area contributed by atoms with E-state index in [0.29, 0.717) is 30.0 Å². The molecule has 0 aliphatic heterocycles. The highest BCUT2D eigenvalue weighted by atomic mass is 19.1. The zero-order valence-electron chi connectivity index (χ0n) is 10.0. The molecule has 0 saturated heterocycles. The molecule has 0 saturated carbocycles. The number of rotatable bonds is 3. The smallest absolute Gasteiger partial charge is 0.140 e. The number of halogens is 1. The molecule has 18 heavy (non-hydrogen) atoms. The summed E-state index contributed by atoms with van der Waals surface area (Å²) in [6.45, 7) is 2.35. The molecule has 92 valence electrons. The first kappa shape index (κ1) is 12.1. The standard InChI is InChI=1S/C13H13FN4/c1-2-12-11(7-15)13(16)18(17-12)8-9-3-5-10(14)6-4-9/h3-6H,2,8,16H2,1H3. The van der Waals surface area contributed by atoms with Gasteiger partial charge in [0.05, 0.1) is 12.2 Å². The number of hydrogen-bond acceptors (Lipinski definition) is 3. The molecule has 1 aromatic carbocycles. The Labute approximate surface area is 104 Å². The lowest BCUT2D eigenvalue weighted by Gasteiger charge is -2.04. The van der Waals surface area contributed by atoms with Crippen LogP contribution in [0.2, 0.25) is 0 Å². The monoisotopic (exact) mass is 244 g/mol. The van der Waals surface area contributed by atoms with Crippen LogP contribution in [0.4, 0.5) is 10.2 Å². The van der Waals surface area contributed by atoms with Crippen molar-refractivity contribution in [3.05, 3.63) is 46.9 Å². The van der Waals surface area contributed by atoms with Crippen molar-refractivity contribution in [2.45, 2.75) is 19.9 Å². The minimum atomic E-state index is -0.279. The van der Waals surface area contributed by atoms with Gasteiger partial charge < -0.3 is 5.73 Å². The maximum absolute atomic E-state index is 12.8. The molecule has 0 amide bonds. The molecule has 0 bridgehead atoms. The number of hydrogen-bond donors (Lipinski definition) is 1. The lowest BCUT2D eigenvalue weighted by atomic mass is 10.2. The number of nitrogens with two attached hydrogens (primary N) is 1. The largest absolute Gasteiger partial charge is 0.383 e. The molecule has 1 heterocycles. The fourth-order valence-electron chi connectivity index (χ4n) is 1.78. The molecule has 0 spiro atoms. The maximum Gasteiger partial charge on any atom is 0.140 e. The minimum Gasteiger partial charge on any atom is -0.383 e. The van der Waals surface area contributed by atoms with Crippen LogP contribution in [-0.2, 0) is 13.0 Å². The highest BCUT2D eigenvalue weighted by Crippen LogP contribution is 2.17. The van der Waals surface area contributed by atoms with E-state index in [0.717, 1.165) is 5.56 Å². The summed E-state index contributed by atoms with van der Waals surface area (Å²) in [7, 11) is 0. The van der Waals surface area contributed by atoms with Crippen molar-refractivity contribution in [2.24, 2.45) is 0 Å². The molecule has 0 aliphatic rings. The molecule has 1 aromatic heterocycles. The molecule has 4 nitrogen and oxygen atoms in total. The summed E-state index contributed by atoms with van der Waals surface area (Å²) >= 11 is 0. The first-order valence-electron chi connectivity index (χ1n) is 5.65. The summed E-state index contributed by atoms with van der Waals surface area (Å²) < 4.78 is 14.4. The molecule has 2 aromatic rings. The van der Waals surface area contributed by atoms with Crippen LogP contribution in [0.15, 0.2) is 24.3 Å². The Hall–Kier alpha value is -2.35. The summed E-state index contributed by atoms with van der Waals surface area (Å²) in [5.41, 5.74) is 7.88. The van der Waals surface area contributed by atoms with E-state index in [4.69, 9.17) is 11.0 Å². The zero-order valence-corrected chi connectivity index (χ0v) is 10.0. The van der Waals surface area contributed by atoms with Crippen molar-refractivity contribution in [1.82, 2.24) is 9.78 Å². The van der Waals surface area contributed by atoms with Gasteiger partial charge in [-0.3, -0.25) is 0 Å². The Morgan fingerprint density at radius 1 is 1.39 bits per heavy atom. The summed E-state index contributed by atoms with van der Waals surface area (Å²) in [5.74, 6) is 0.0813. The van der Waals surface area contributed by atoms with Crippen LogP contribution in [-0.4, -0.2) is 9.78 Å². The van der Waals surface area contributed by atoms with Gasteiger partial charge in [-0.15, -0.1) is 0 Å². The topological polar surface area (TPSA) is 67.6 Å². The van der Waals surface area contributed by atoms with Gasteiger partial charge in [0.2, 0.25) is 0 Å². The average molecular weight is 244 g/mol. The summed E-state index contributed by atoms with van der Waals surface area (Å²) in [5, 5.41) is 13.3. The van der Waals surface area contributed by atoms with Gasteiger partial charge in [-0.1, -0.05) is 19.1 Å². The Bertz CT molecular complexity index is 593. The number of nitriles is 1. The van der Waals surface area contributed by atoms with Crippen molar-refractivity contribution in [2.75, 3.05) is 5.73 Å².